The average molecular weight is 338 g/mol. The Labute approximate surface area is 118 Å². The van der Waals surface area contributed by atoms with Crippen LogP contribution in [-0.4, -0.2) is 12.5 Å². The maximum absolute atomic E-state index is 12.9. The van der Waals surface area contributed by atoms with E-state index in [0.29, 0.717) is 6.54 Å². The van der Waals surface area contributed by atoms with E-state index in [0.717, 1.165) is 6.07 Å². The SMILES string of the molecule is CC(C)(C)CNC(=O)c1ccc(Br)cc1C(F)(F)F. The molecule has 0 aliphatic carbocycles. The van der Waals surface area contributed by atoms with Crippen LogP contribution in [0, 0.1) is 5.41 Å². The molecular weight excluding hydrogens is 323 g/mol. The summed E-state index contributed by atoms with van der Waals surface area (Å²) in [5, 5.41) is 2.52. The number of nitrogens with one attached hydrogen (secondary N) is 1. The summed E-state index contributed by atoms with van der Waals surface area (Å²) in [4.78, 5) is 11.8. The number of alkyl halides is 3. The monoisotopic (exact) mass is 337 g/mol. The number of halogens is 4. The molecule has 2 nitrogen and oxygen atoms in total. The third-order valence-electron chi connectivity index (χ3n) is 2.31. The van der Waals surface area contributed by atoms with Gasteiger partial charge in [0.05, 0.1) is 11.1 Å². The van der Waals surface area contributed by atoms with Gasteiger partial charge in [-0.05, 0) is 23.6 Å². The lowest BCUT2D eigenvalue weighted by Gasteiger charge is -2.20. The number of amides is 1. The van der Waals surface area contributed by atoms with Crippen molar-refractivity contribution in [2.45, 2.75) is 26.9 Å². The Bertz CT molecular complexity index is 478. The minimum Gasteiger partial charge on any atom is -0.351 e. The van der Waals surface area contributed by atoms with E-state index < -0.39 is 17.6 Å². The summed E-state index contributed by atoms with van der Waals surface area (Å²) in [5.41, 5.74) is -1.49. The van der Waals surface area contributed by atoms with E-state index >= 15 is 0 Å². The lowest BCUT2D eigenvalue weighted by Crippen LogP contribution is -2.33. The quantitative estimate of drug-likeness (QED) is 0.858. The first-order chi connectivity index (χ1) is 8.50. The van der Waals surface area contributed by atoms with Crippen LogP contribution in [-0.2, 0) is 6.18 Å². The number of rotatable bonds is 2. The highest BCUT2D eigenvalue weighted by molar-refractivity contribution is 9.10. The smallest absolute Gasteiger partial charge is 0.351 e. The molecule has 1 amide bonds. The van der Waals surface area contributed by atoms with Gasteiger partial charge in [0.25, 0.3) is 5.91 Å². The van der Waals surface area contributed by atoms with Crippen LogP contribution < -0.4 is 5.32 Å². The van der Waals surface area contributed by atoms with Gasteiger partial charge >= 0.3 is 6.18 Å². The fourth-order valence-electron chi connectivity index (χ4n) is 1.39. The van der Waals surface area contributed by atoms with Gasteiger partial charge in [0.2, 0.25) is 0 Å². The molecule has 1 aromatic rings. The molecule has 0 saturated carbocycles. The van der Waals surface area contributed by atoms with Crippen molar-refractivity contribution < 1.29 is 18.0 Å². The number of hydrogen-bond acceptors (Lipinski definition) is 1. The third kappa shape index (κ3) is 4.86. The minimum atomic E-state index is -4.56. The molecule has 1 aromatic carbocycles. The molecule has 19 heavy (non-hydrogen) atoms. The molecular formula is C13H15BrF3NO. The van der Waals surface area contributed by atoms with E-state index in [-0.39, 0.29) is 15.5 Å². The fourth-order valence-corrected chi connectivity index (χ4v) is 1.75. The highest BCUT2D eigenvalue weighted by atomic mass is 79.9. The zero-order valence-electron chi connectivity index (χ0n) is 10.9. The van der Waals surface area contributed by atoms with Crippen LogP contribution in [0.5, 0.6) is 0 Å². The number of benzene rings is 1. The van der Waals surface area contributed by atoms with Crippen molar-refractivity contribution in [1.82, 2.24) is 5.32 Å². The van der Waals surface area contributed by atoms with Crippen LogP contribution in [0.1, 0.15) is 36.7 Å². The van der Waals surface area contributed by atoms with Gasteiger partial charge in [0, 0.05) is 11.0 Å². The first-order valence-electron chi connectivity index (χ1n) is 5.66. The van der Waals surface area contributed by atoms with Gasteiger partial charge in [0.1, 0.15) is 0 Å². The summed E-state index contributed by atoms with van der Waals surface area (Å²) >= 11 is 2.98. The predicted octanol–water partition coefficient (Wildman–Crippen LogP) is 4.24. The van der Waals surface area contributed by atoms with E-state index in [9.17, 15) is 18.0 Å². The Morgan fingerprint density at radius 1 is 1.26 bits per heavy atom. The Kier molecular flexibility index (Phi) is 4.66. The zero-order chi connectivity index (χ0) is 14.8. The van der Waals surface area contributed by atoms with Gasteiger partial charge in [-0.2, -0.15) is 13.2 Å². The van der Waals surface area contributed by atoms with E-state index in [4.69, 9.17) is 0 Å². The van der Waals surface area contributed by atoms with Crippen LogP contribution >= 0.6 is 15.9 Å². The van der Waals surface area contributed by atoms with Crippen molar-refractivity contribution in [3.8, 4) is 0 Å². The van der Waals surface area contributed by atoms with Crippen molar-refractivity contribution >= 4 is 21.8 Å². The molecule has 106 valence electrons. The van der Waals surface area contributed by atoms with Gasteiger partial charge in [-0.15, -0.1) is 0 Å². The van der Waals surface area contributed by atoms with E-state index in [2.05, 4.69) is 21.2 Å². The van der Waals surface area contributed by atoms with Gasteiger partial charge in [0.15, 0.2) is 0 Å². The molecule has 1 N–H and O–H groups in total. The third-order valence-corrected chi connectivity index (χ3v) is 2.80. The van der Waals surface area contributed by atoms with Gasteiger partial charge in [-0.25, -0.2) is 0 Å². The summed E-state index contributed by atoms with van der Waals surface area (Å²) in [6.07, 6.45) is -4.56. The Morgan fingerprint density at radius 3 is 2.32 bits per heavy atom. The van der Waals surface area contributed by atoms with E-state index in [1.54, 1.807) is 0 Å². The molecule has 0 atom stereocenters. The van der Waals surface area contributed by atoms with Crippen molar-refractivity contribution in [1.29, 1.82) is 0 Å². The van der Waals surface area contributed by atoms with Gasteiger partial charge in [-0.3, -0.25) is 4.79 Å². The van der Waals surface area contributed by atoms with Crippen molar-refractivity contribution in [2.75, 3.05) is 6.54 Å². The molecule has 0 unspecified atom stereocenters. The van der Waals surface area contributed by atoms with Crippen molar-refractivity contribution in [2.24, 2.45) is 5.41 Å². The molecule has 0 aromatic heterocycles. The zero-order valence-corrected chi connectivity index (χ0v) is 12.4. The molecule has 0 fully saturated rings. The molecule has 0 radical (unpaired) electrons. The second-order valence-electron chi connectivity index (χ2n) is 5.43. The maximum atomic E-state index is 12.9. The molecule has 1 rings (SSSR count). The first kappa shape index (κ1) is 16.0. The average Bonchev–Trinajstić information content (AvgIpc) is 2.23. The first-order valence-corrected chi connectivity index (χ1v) is 6.45. The number of carbonyl (C=O) groups is 1. The Balaban J connectivity index is 3.03. The predicted molar refractivity (Wildman–Crippen MR) is 70.9 cm³/mol. The highest BCUT2D eigenvalue weighted by Gasteiger charge is 2.35. The van der Waals surface area contributed by atoms with Crippen LogP contribution in [0.4, 0.5) is 13.2 Å². The summed E-state index contributed by atoms with van der Waals surface area (Å²) in [7, 11) is 0. The Hall–Kier alpha value is -1.04. The number of hydrogen-bond donors (Lipinski definition) is 1. The maximum Gasteiger partial charge on any atom is 0.417 e. The molecule has 0 aliphatic heterocycles. The lowest BCUT2D eigenvalue weighted by molar-refractivity contribution is -0.138. The van der Waals surface area contributed by atoms with E-state index in [1.165, 1.54) is 12.1 Å². The molecule has 0 heterocycles. The Morgan fingerprint density at radius 2 is 1.84 bits per heavy atom. The van der Waals surface area contributed by atoms with Crippen molar-refractivity contribution in [3.63, 3.8) is 0 Å². The topological polar surface area (TPSA) is 29.1 Å². The standard InChI is InChI=1S/C13H15BrF3NO/c1-12(2,3)7-18-11(19)9-5-4-8(14)6-10(9)13(15,16)17/h4-6H,7H2,1-3H3,(H,18,19). The molecule has 0 spiro atoms. The molecule has 0 saturated heterocycles. The van der Waals surface area contributed by atoms with Crippen LogP contribution in [0.25, 0.3) is 0 Å². The second-order valence-corrected chi connectivity index (χ2v) is 6.35. The van der Waals surface area contributed by atoms with Crippen molar-refractivity contribution in [3.05, 3.63) is 33.8 Å². The van der Waals surface area contributed by atoms with Crippen LogP contribution in [0.15, 0.2) is 22.7 Å². The second kappa shape index (κ2) is 5.53. The lowest BCUT2D eigenvalue weighted by atomic mass is 9.96. The molecule has 0 aliphatic rings. The van der Waals surface area contributed by atoms with Gasteiger partial charge in [-0.1, -0.05) is 36.7 Å². The largest absolute Gasteiger partial charge is 0.417 e. The van der Waals surface area contributed by atoms with E-state index in [1.807, 2.05) is 20.8 Å². The fraction of sp³-hybridized carbons (Fsp3) is 0.462. The highest BCUT2D eigenvalue weighted by Crippen LogP contribution is 2.33. The van der Waals surface area contributed by atoms with Crippen LogP contribution in [0.2, 0.25) is 0 Å². The normalized spacial score (nSPS) is 12.4. The van der Waals surface area contributed by atoms with Gasteiger partial charge < -0.3 is 5.32 Å². The minimum absolute atomic E-state index is 0.191. The number of carbonyl (C=O) groups excluding carboxylic acids is 1. The molecule has 6 heteroatoms. The molecule has 0 bridgehead atoms. The summed E-state index contributed by atoms with van der Waals surface area (Å²) in [5.74, 6) is -0.713. The summed E-state index contributed by atoms with van der Waals surface area (Å²) in [6.45, 7) is 5.97. The summed E-state index contributed by atoms with van der Waals surface area (Å²) < 4.78 is 38.9. The summed E-state index contributed by atoms with van der Waals surface area (Å²) in [6, 6.07) is 3.50. The van der Waals surface area contributed by atoms with Crippen LogP contribution in [0.3, 0.4) is 0 Å².